The summed E-state index contributed by atoms with van der Waals surface area (Å²) in [7, 11) is 0. The third-order valence-electron chi connectivity index (χ3n) is 4.84. The fourth-order valence-corrected chi connectivity index (χ4v) is 4.08. The summed E-state index contributed by atoms with van der Waals surface area (Å²) < 4.78 is 0. The van der Waals surface area contributed by atoms with Gasteiger partial charge in [0.25, 0.3) is 0 Å². The Labute approximate surface area is 109 Å². The van der Waals surface area contributed by atoms with Crippen molar-refractivity contribution in [2.75, 3.05) is 0 Å². The maximum atomic E-state index is 2.40. The maximum Gasteiger partial charge on any atom is 0.0215 e. The molecule has 18 heavy (non-hydrogen) atoms. The minimum Gasteiger partial charge on any atom is -0.0804 e. The first-order chi connectivity index (χ1) is 8.92. The van der Waals surface area contributed by atoms with E-state index in [9.17, 15) is 0 Å². The van der Waals surface area contributed by atoms with Crippen molar-refractivity contribution < 1.29 is 0 Å². The lowest BCUT2D eigenvalue weighted by molar-refractivity contribution is 0.545. The quantitative estimate of drug-likeness (QED) is 0.606. The molecule has 90 valence electrons. The summed E-state index contributed by atoms with van der Waals surface area (Å²) in [5, 5.41) is 0. The Balaban J connectivity index is 2.03. The molecular weight excluding hydrogens is 216 g/mol. The average Bonchev–Trinajstić information content (AvgIpc) is 2.89. The van der Waals surface area contributed by atoms with Crippen molar-refractivity contribution in [3.05, 3.63) is 65.3 Å². The second-order valence-corrected chi connectivity index (χ2v) is 5.70. The molecule has 1 aromatic carbocycles. The van der Waals surface area contributed by atoms with Gasteiger partial charge in [-0.15, -0.1) is 0 Å². The maximum absolute atomic E-state index is 2.40. The first kappa shape index (κ1) is 10.4. The Morgan fingerprint density at radius 2 is 1.67 bits per heavy atom. The first-order valence-corrected chi connectivity index (χ1v) is 7.09. The Morgan fingerprint density at radius 1 is 0.889 bits per heavy atom. The van der Waals surface area contributed by atoms with Crippen LogP contribution in [-0.2, 0) is 5.41 Å². The van der Waals surface area contributed by atoms with Gasteiger partial charge in [0.15, 0.2) is 0 Å². The van der Waals surface area contributed by atoms with Gasteiger partial charge < -0.3 is 0 Å². The highest BCUT2D eigenvalue weighted by Crippen LogP contribution is 2.56. The number of benzene rings is 1. The van der Waals surface area contributed by atoms with Crippen LogP contribution in [0.2, 0.25) is 0 Å². The van der Waals surface area contributed by atoms with Crippen LogP contribution < -0.4 is 0 Å². The standard InChI is InChI=1S/C18H18/c1-2-8-14-15-9-4-5-11-17(15)18(12-6-7-13-18)16(14)10-3-1/h2-5,8-11H,1,6-7,12-13H2. The molecule has 0 amide bonds. The highest BCUT2D eigenvalue weighted by atomic mass is 14.5. The van der Waals surface area contributed by atoms with Gasteiger partial charge in [0.1, 0.15) is 0 Å². The molecule has 0 aliphatic heterocycles. The summed E-state index contributed by atoms with van der Waals surface area (Å²) in [6.45, 7) is 0. The van der Waals surface area contributed by atoms with Gasteiger partial charge in [0, 0.05) is 5.41 Å². The van der Waals surface area contributed by atoms with Gasteiger partial charge in [0.05, 0.1) is 0 Å². The molecule has 1 saturated carbocycles. The molecule has 3 aliphatic carbocycles. The first-order valence-electron chi connectivity index (χ1n) is 7.09. The van der Waals surface area contributed by atoms with E-state index in [-0.39, 0.29) is 0 Å². The van der Waals surface area contributed by atoms with Crippen LogP contribution >= 0.6 is 0 Å². The summed E-state index contributed by atoms with van der Waals surface area (Å²) in [6.07, 6.45) is 15.9. The zero-order valence-corrected chi connectivity index (χ0v) is 10.7. The van der Waals surface area contributed by atoms with Crippen molar-refractivity contribution in [2.45, 2.75) is 37.5 Å². The predicted octanol–water partition coefficient (Wildman–Crippen LogP) is 4.78. The molecular formula is C18H18. The Hall–Kier alpha value is -1.56. The Bertz CT molecular complexity index is 578. The SMILES string of the molecule is C1=CC2=C(C=CC1)C1(CCCC1)c1ccccc12. The smallest absolute Gasteiger partial charge is 0.0215 e. The molecule has 0 radical (unpaired) electrons. The van der Waals surface area contributed by atoms with Gasteiger partial charge in [-0.05, 0) is 41.5 Å². The van der Waals surface area contributed by atoms with Crippen LogP contribution in [0.15, 0.2) is 54.1 Å². The summed E-state index contributed by atoms with van der Waals surface area (Å²) in [5.41, 5.74) is 6.49. The van der Waals surface area contributed by atoms with E-state index >= 15 is 0 Å². The van der Waals surface area contributed by atoms with Crippen LogP contribution in [0.5, 0.6) is 0 Å². The van der Waals surface area contributed by atoms with E-state index in [0.29, 0.717) is 5.41 Å². The third-order valence-corrected chi connectivity index (χ3v) is 4.84. The highest BCUT2D eigenvalue weighted by molar-refractivity contribution is 5.88. The fourth-order valence-electron chi connectivity index (χ4n) is 4.08. The molecule has 1 aromatic rings. The molecule has 0 heteroatoms. The van der Waals surface area contributed by atoms with Crippen molar-refractivity contribution in [3.8, 4) is 0 Å². The number of hydrogen-bond donors (Lipinski definition) is 0. The van der Waals surface area contributed by atoms with Crippen LogP contribution in [0.1, 0.15) is 43.2 Å². The van der Waals surface area contributed by atoms with Gasteiger partial charge in [-0.2, -0.15) is 0 Å². The lowest BCUT2D eigenvalue weighted by Crippen LogP contribution is -2.21. The molecule has 0 N–H and O–H groups in total. The van der Waals surface area contributed by atoms with Crippen molar-refractivity contribution in [2.24, 2.45) is 0 Å². The normalized spacial score (nSPS) is 23.3. The number of hydrogen-bond acceptors (Lipinski definition) is 0. The monoisotopic (exact) mass is 234 g/mol. The van der Waals surface area contributed by atoms with Gasteiger partial charge >= 0.3 is 0 Å². The third kappa shape index (κ3) is 1.21. The van der Waals surface area contributed by atoms with E-state index in [4.69, 9.17) is 0 Å². The molecule has 0 aromatic heterocycles. The molecule has 3 aliphatic rings. The van der Waals surface area contributed by atoms with E-state index < -0.39 is 0 Å². The van der Waals surface area contributed by atoms with E-state index in [1.807, 2.05) is 0 Å². The van der Waals surface area contributed by atoms with E-state index in [0.717, 1.165) is 6.42 Å². The largest absolute Gasteiger partial charge is 0.0804 e. The van der Waals surface area contributed by atoms with Gasteiger partial charge in [0.2, 0.25) is 0 Å². The zero-order chi connectivity index (χ0) is 12.0. The minimum absolute atomic E-state index is 0.344. The summed E-state index contributed by atoms with van der Waals surface area (Å²) in [4.78, 5) is 0. The van der Waals surface area contributed by atoms with E-state index in [1.54, 1.807) is 11.1 Å². The van der Waals surface area contributed by atoms with Crippen LogP contribution in [0, 0.1) is 0 Å². The van der Waals surface area contributed by atoms with Crippen LogP contribution in [0.3, 0.4) is 0 Å². The molecule has 4 rings (SSSR count). The number of allylic oxidation sites excluding steroid dienone is 6. The zero-order valence-electron chi connectivity index (χ0n) is 10.7. The van der Waals surface area contributed by atoms with E-state index in [2.05, 4.69) is 48.6 Å². The molecule has 0 atom stereocenters. The Morgan fingerprint density at radius 3 is 2.56 bits per heavy atom. The summed E-state index contributed by atoms with van der Waals surface area (Å²) in [6, 6.07) is 9.05. The number of fused-ring (bicyclic) bond motifs is 4. The highest BCUT2D eigenvalue weighted by Gasteiger charge is 2.44. The van der Waals surface area contributed by atoms with Crippen LogP contribution in [0.25, 0.3) is 5.57 Å². The number of rotatable bonds is 0. The molecule has 0 unspecified atom stereocenters. The van der Waals surface area contributed by atoms with E-state index in [1.165, 1.54) is 36.8 Å². The molecule has 0 heterocycles. The molecule has 0 nitrogen and oxygen atoms in total. The fraction of sp³-hybridized carbons (Fsp3) is 0.333. The molecule has 0 saturated heterocycles. The van der Waals surface area contributed by atoms with Gasteiger partial charge in [-0.3, -0.25) is 0 Å². The van der Waals surface area contributed by atoms with Gasteiger partial charge in [-0.25, -0.2) is 0 Å². The molecule has 1 spiro atoms. The molecule has 0 bridgehead atoms. The lowest BCUT2D eigenvalue weighted by atomic mass is 9.75. The predicted molar refractivity (Wildman–Crippen MR) is 76.4 cm³/mol. The average molecular weight is 234 g/mol. The second kappa shape index (κ2) is 3.71. The van der Waals surface area contributed by atoms with Crippen molar-refractivity contribution >= 4 is 5.57 Å². The summed E-state index contributed by atoms with van der Waals surface area (Å²) in [5.74, 6) is 0. The topological polar surface area (TPSA) is 0 Å². The van der Waals surface area contributed by atoms with Crippen LogP contribution in [0.4, 0.5) is 0 Å². The second-order valence-electron chi connectivity index (χ2n) is 5.70. The lowest BCUT2D eigenvalue weighted by Gasteiger charge is -2.27. The molecule has 1 fully saturated rings. The minimum atomic E-state index is 0.344. The van der Waals surface area contributed by atoms with Crippen LogP contribution in [-0.4, -0.2) is 0 Å². The van der Waals surface area contributed by atoms with Gasteiger partial charge in [-0.1, -0.05) is 61.4 Å². The van der Waals surface area contributed by atoms with Crippen molar-refractivity contribution in [1.82, 2.24) is 0 Å². The summed E-state index contributed by atoms with van der Waals surface area (Å²) >= 11 is 0. The van der Waals surface area contributed by atoms with Crippen molar-refractivity contribution in [3.63, 3.8) is 0 Å². The Kier molecular flexibility index (Phi) is 2.14. The van der Waals surface area contributed by atoms with Crippen molar-refractivity contribution in [1.29, 1.82) is 0 Å².